The van der Waals surface area contributed by atoms with Crippen molar-refractivity contribution in [3.63, 3.8) is 0 Å². The van der Waals surface area contributed by atoms with Crippen LogP contribution in [-0.4, -0.2) is 28.0 Å². The number of aromatic hydroxyl groups is 1. The summed E-state index contributed by atoms with van der Waals surface area (Å²) < 4.78 is 0.838. The maximum Gasteiger partial charge on any atom is 0.118 e. The SMILES string of the molecule is OCC(O)Cc1cc(Br)ccc1O. The van der Waals surface area contributed by atoms with Crippen molar-refractivity contribution in [2.45, 2.75) is 12.5 Å². The van der Waals surface area contributed by atoms with Crippen molar-refractivity contribution in [3.05, 3.63) is 28.2 Å². The van der Waals surface area contributed by atoms with E-state index in [0.29, 0.717) is 5.56 Å². The monoisotopic (exact) mass is 246 g/mol. The molecule has 0 aliphatic heterocycles. The van der Waals surface area contributed by atoms with Crippen molar-refractivity contribution in [2.75, 3.05) is 6.61 Å². The minimum atomic E-state index is -0.819. The normalized spacial score (nSPS) is 12.8. The number of phenols is 1. The number of benzene rings is 1. The number of aliphatic hydroxyl groups is 2. The summed E-state index contributed by atoms with van der Waals surface area (Å²) >= 11 is 3.25. The molecule has 0 aliphatic carbocycles. The topological polar surface area (TPSA) is 60.7 Å². The molecule has 72 valence electrons. The van der Waals surface area contributed by atoms with Gasteiger partial charge in [-0.2, -0.15) is 0 Å². The second kappa shape index (κ2) is 4.60. The second-order valence-electron chi connectivity index (χ2n) is 2.81. The average Bonchev–Trinajstić information content (AvgIpc) is 2.11. The lowest BCUT2D eigenvalue weighted by Crippen LogP contribution is -2.15. The molecule has 1 rings (SSSR count). The minimum Gasteiger partial charge on any atom is -0.508 e. The zero-order valence-corrected chi connectivity index (χ0v) is 8.53. The molecule has 0 aromatic heterocycles. The molecule has 1 aromatic rings. The molecule has 3 N–H and O–H groups in total. The third kappa shape index (κ3) is 2.99. The van der Waals surface area contributed by atoms with E-state index in [1.54, 1.807) is 18.2 Å². The fourth-order valence-corrected chi connectivity index (χ4v) is 1.44. The number of aliphatic hydroxyl groups excluding tert-OH is 2. The van der Waals surface area contributed by atoms with E-state index in [0.717, 1.165) is 4.47 Å². The van der Waals surface area contributed by atoms with Gasteiger partial charge in [0.2, 0.25) is 0 Å². The van der Waals surface area contributed by atoms with E-state index in [4.69, 9.17) is 10.2 Å². The van der Waals surface area contributed by atoms with Crippen molar-refractivity contribution in [3.8, 4) is 5.75 Å². The summed E-state index contributed by atoms with van der Waals surface area (Å²) in [6, 6.07) is 4.97. The van der Waals surface area contributed by atoms with Gasteiger partial charge in [0.05, 0.1) is 12.7 Å². The van der Waals surface area contributed by atoms with Crippen LogP contribution in [0.3, 0.4) is 0 Å². The van der Waals surface area contributed by atoms with Gasteiger partial charge in [0.1, 0.15) is 5.75 Å². The highest BCUT2D eigenvalue weighted by atomic mass is 79.9. The molecule has 0 saturated heterocycles. The molecular weight excluding hydrogens is 236 g/mol. The van der Waals surface area contributed by atoms with E-state index >= 15 is 0 Å². The summed E-state index contributed by atoms with van der Waals surface area (Å²) in [5.41, 5.74) is 0.621. The number of hydrogen-bond acceptors (Lipinski definition) is 3. The molecule has 1 unspecified atom stereocenters. The van der Waals surface area contributed by atoms with Gasteiger partial charge >= 0.3 is 0 Å². The van der Waals surface area contributed by atoms with Gasteiger partial charge in [-0.15, -0.1) is 0 Å². The molecule has 4 heteroatoms. The lowest BCUT2D eigenvalue weighted by molar-refractivity contribution is 0.0950. The number of rotatable bonds is 3. The summed E-state index contributed by atoms with van der Waals surface area (Å²) in [5, 5.41) is 27.1. The average molecular weight is 247 g/mol. The standard InChI is InChI=1S/C9H11BrO3/c10-7-1-2-9(13)6(3-7)4-8(12)5-11/h1-3,8,11-13H,4-5H2. The van der Waals surface area contributed by atoms with Gasteiger partial charge in [0.25, 0.3) is 0 Å². The lowest BCUT2D eigenvalue weighted by atomic mass is 10.1. The Morgan fingerprint density at radius 2 is 2.08 bits per heavy atom. The highest BCUT2D eigenvalue weighted by Crippen LogP contribution is 2.22. The van der Waals surface area contributed by atoms with Gasteiger partial charge in [0, 0.05) is 10.9 Å². The summed E-state index contributed by atoms with van der Waals surface area (Å²) in [5.74, 6) is 0.135. The maximum absolute atomic E-state index is 9.37. The van der Waals surface area contributed by atoms with E-state index in [9.17, 15) is 5.11 Å². The molecule has 0 fully saturated rings. The number of halogens is 1. The molecule has 0 radical (unpaired) electrons. The Balaban J connectivity index is 2.81. The first-order valence-corrected chi connectivity index (χ1v) is 4.69. The van der Waals surface area contributed by atoms with Crippen LogP contribution in [0, 0.1) is 0 Å². The molecule has 0 amide bonds. The number of phenolic OH excluding ortho intramolecular Hbond substituents is 1. The first-order valence-electron chi connectivity index (χ1n) is 3.90. The largest absolute Gasteiger partial charge is 0.508 e. The summed E-state index contributed by atoms with van der Waals surface area (Å²) in [7, 11) is 0. The van der Waals surface area contributed by atoms with Crippen LogP contribution < -0.4 is 0 Å². The molecule has 0 bridgehead atoms. The van der Waals surface area contributed by atoms with Crippen LogP contribution in [-0.2, 0) is 6.42 Å². The van der Waals surface area contributed by atoms with Crippen LogP contribution in [0.25, 0.3) is 0 Å². The van der Waals surface area contributed by atoms with Crippen LogP contribution in [0.4, 0.5) is 0 Å². The quantitative estimate of drug-likeness (QED) is 0.748. The van der Waals surface area contributed by atoms with Gasteiger partial charge in [0.15, 0.2) is 0 Å². The highest BCUT2D eigenvalue weighted by Gasteiger charge is 2.07. The second-order valence-corrected chi connectivity index (χ2v) is 3.73. The van der Waals surface area contributed by atoms with Crippen LogP contribution in [0.2, 0.25) is 0 Å². The highest BCUT2D eigenvalue weighted by molar-refractivity contribution is 9.10. The molecule has 0 heterocycles. The lowest BCUT2D eigenvalue weighted by Gasteiger charge is -2.08. The Bertz CT molecular complexity index is 288. The maximum atomic E-state index is 9.37. The Hall–Kier alpha value is -0.580. The van der Waals surface area contributed by atoms with Crippen LogP contribution in [0.15, 0.2) is 22.7 Å². The Morgan fingerprint density at radius 1 is 1.38 bits per heavy atom. The first kappa shape index (κ1) is 10.5. The smallest absolute Gasteiger partial charge is 0.118 e. The zero-order valence-electron chi connectivity index (χ0n) is 6.94. The van der Waals surface area contributed by atoms with Gasteiger partial charge < -0.3 is 15.3 Å². The Morgan fingerprint density at radius 3 is 2.69 bits per heavy atom. The van der Waals surface area contributed by atoms with E-state index < -0.39 is 6.10 Å². The van der Waals surface area contributed by atoms with Gasteiger partial charge in [-0.05, 0) is 23.8 Å². The van der Waals surface area contributed by atoms with E-state index in [1.165, 1.54) is 0 Å². The van der Waals surface area contributed by atoms with Crippen molar-refractivity contribution >= 4 is 15.9 Å². The van der Waals surface area contributed by atoms with E-state index in [1.807, 2.05) is 0 Å². The molecule has 0 saturated carbocycles. The summed E-state index contributed by atoms with van der Waals surface area (Å²) in [6.45, 7) is -0.300. The number of hydrogen-bond donors (Lipinski definition) is 3. The molecule has 13 heavy (non-hydrogen) atoms. The fourth-order valence-electron chi connectivity index (χ4n) is 1.04. The molecular formula is C9H11BrO3. The molecule has 0 aliphatic rings. The molecule has 1 aromatic carbocycles. The third-order valence-corrected chi connectivity index (χ3v) is 2.20. The van der Waals surface area contributed by atoms with Gasteiger partial charge in [-0.1, -0.05) is 15.9 Å². The first-order chi connectivity index (χ1) is 6.13. The van der Waals surface area contributed by atoms with Crippen LogP contribution in [0.5, 0.6) is 5.75 Å². The predicted molar refractivity (Wildman–Crippen MR) is 52.6 cm³/mol. The van der Waals surface area contributed by atoms with Gasteiger partial charge in [-0.25, -0.2) is 0 Å². The van der Waals surface area contributed by atoms with Crippen LogP contribution in [0.1, 0.15) is 5.56 Å². The third-order valence-electron chi connectivity index (χ3n) is 1.71. The Labute approximate surface area is 84.8 Å². The Kier molecular flexibility index (Phi) is 3.71. The summed E-state index contributed by atoms with van der Waals surface area (Å²) in [4.78, 5) is 0. The van der Waals surface area contributed by atoms with Crippen molar-refractivity contribution < 1.29 is 15.3 Å². The van der Waals surface area contributed by atoms with Gasteiger partial charge in [-0.3, -0.25) is 0 Å². The van der Waals surface area contributed by atoms with Crippen molar-refractivity contribution in [1.82, 2.24) is 0 Å². The molecule has 0 spiro atoms. The van der Waals surface area contributed by atoms with E-state index in [2.05, 4.69) is 15.9 Å². The van der Waals surface area contributed by atoms with Crippen molar-refractivity contribution in [1.29, 1.82) is 0 Å². The fraction of sp³-hybridized carbons (Fsp3) is 0.333. The summed E-state index contributed by atoms with van der Waals surface area (Å²) in [6.07, 6.45) is -0.568. The zero-order chi connectivity index (χ0) is 9.84. The predicted octanol–water partition coefficient (Wildman–Crippen LogP) is 1.05. The van der Waals surface area contributed by atoms with E-state index in [-0.39, 0.29) is 18.8 Å². The minimum absolute atomic E-state index is 0.135. The molecule has 3 nitrogen and oxygen atoms in total. The molecule has 1 atom stereocenters. The van der Waals surface area contributed by atoms with Crippen LogP contribution >= 0.6 is 15.9 Å². The van der Waals surface area contributed by atoms with Crippen molar-refractivity contribution in [2.24, 2.45) is 0 Å².